The van der Waals surface area contributed by atoms with Crippen LogP contribution in [0.5, 0.6) is 0 Å². The number of nitrogens with zero attached hydrogens (tertiary/aromatic N) is 5. The third-order valence-corrected chi connectivity index (χ3v) is 3.15. The molecule has 0 aliphatic carbocycles. The number of aromatic nitrogens is 4. The second kappa shape index (κ2) is 3.29. The molecule has 4 heterocycles. The lowest BCUT2D eigenvalue weighted by molar-refractivity contribution is 0.109. The molecule has 4 rings (SSSR count). The Morgan fingerprint density at radius 1 is 1.21 bits per heavy atom. The van der Waals surface area contributed by atoms with Crippen molar-refractivity contribution in [1.82, 2.24) is 30.4 Å². The summed E-state index contributed by atoms with van der Waals surface area (Å²) in [7, 11) is 0. The summed E-state index contributed by atoms with van der Waals surface area (Å²) in [5, 5.41) is 14.3. The van der Waals surface area contributed by atoms with Gasteiger partial charge in [0.1, 0.15) is 0 Å². The maximum atomic E-state index is 4.08. The van der Waals surface area contributed by atoms with Gasteiger partial charge in [-0.1, -0.05) is 5.21 Å². The highest BCUT2D eigenvalue weighted by molar-refractivity contribution is 4.97. The second-order valence-electron chi connectivity index (χ2n) is 3.98. The molecule has 3 unspecified atom stereocenters. The number of aromatic amines is 1. The molecule has 76 valence electrons. The Morgan fingerprint density at radius 2 is 2.21 bits per heavy atom. The lowest BCUT2D eigenvalue weighted by Gasteiger charge is -2.35. The van der Waals surface area contributed by atoms with Crippen LogP contribution in [0, 0.1) is 0 Å². The van der Waals surface area contributed by atoms with Crippen molar-refractivity contribution in [1.29, 1.82) is 0 Å². The van der Waals surface area contributed by atoms with E-state index in [1.165, 1.54) is 19.5 Å². The summed E-state index contributed by atoms with van der Waals surface area (Å²) in [6.45, 7) is 5.76. The molecule has 1 aromatic heterocycles. The molecule has 1 N–H and O–H groups in total. The number of H-pyrrole nitrogens is 1. The van der Waals surface area contributed by atoms with E-state index in [1.54, 1.807) is 0 Å². The van der Waals surface area contributed by atoms with Crippen molar-refractivity contribution in [3.8, 4) is 0 Å². The van der Waals surface area contributed by atoms with E-state index < -0.39 is 0 Å². The minimum absolute atomic E-state index is 0.352. The van der Waals surface area contributed by atoms with Crippen molar-refractivity contribution in [2.75, 3.05) is 32.7 Å². The predicted octanol–water partition coefficient (Wildman–Crippen LogP) is -0.738. The Hall–Kier alpha value is -1.01. The monoisotopic (exact) mass is 194 g/mol. The normalized spacial score (nSPS) is 37.0. The summed E-state index contributed by atoms with van der Waals surface area (Å²) in [4.78, 5) is 4.96. The maximum absolute atomic E-state index is 4.08. The van der Waals surface area contributed by atoms with E-state index in [-0.39, 0.29) is 0 Å². The number of rotatable bonds is 1. The first-order valence-electron chi connectivity index (χ1n) is 5.13. The van der Waals surface area contributed by atoms with Crippen LogP contribution in [0.1, 0.15) is 18.3 Å². The molecule has 6 nitrogen and oxygen atoms in total. The van der Waals surface area contributed by atoms with Gasteiger partial charge in [-0.05, 0) is 13.0 Å². The molecule has 0 aromatic carbocycles. The Labute approximate surface area is 82.3 Å². The third kappa shape index (κ3) is 1.31. The highest BCUT2D eigenvalue weighted by atomic mass is 15.5. The van der Waals surface area contributed by atoms with Crippen molar-refractivity contribution in [2.24, 2.45) is 0 Å². The molecule has 0 spiro atoms. The summed E-state index contributed by atoms with van der Waals surface area (Å²) in [5.41, 5.74) is 0. The van der Waals surface area contributed by atoms with Gasteiger partial charge in [-0.2, -0.15) is 5.21 Å². The van der Waals surface area contributed by atoms with Gasteiger partial charge in [0.05, 0.1) is 6.04 Å². The largest absolute Gasteiger partial charge is 0.300 e. The number of piperazine rings is 1. The fourth-order valence-electron chi connectivity index (χ4n) is 2.40. The zero-order chi connectivity index (χ0) is 9.38. The van der Waals surface area contributed by atoms with Crippen LogP contribution in [-0.4, -0.2) is 63.1 Å². The quantitative estimate of drug-likeness (QED) is 0.638. The van der Waals surface area contributed by atoms with E-state index in [9.17, 15) is 0 Å². The van der Waals surface area contributed by atoms with Gasteiger partial charge in [0.15, 0.2) is 5.82 Å². The zero-order valence-corrected chi connectivity index (χ0v) is 8.06. The minimum Gasteiger partial charge on any atom is -0.300 e. The highest BCUT2D eigenvalue weighted by Crippen LogP contribution is 2.25. The van der Waals surface area contributed by atoms with Gasteiger partial charge in [0.25, 0.3) is 0 Å². The maximum Gasteiger partial charge on any atom is 0.192 e. The topological polar surface area (TPSA) is 60.9 Å². The van der Waals surface area contributed by atoms with Crippen molar-refractivity contribution in [3.05, 3.63) is 5.82 Å². The first-order valence-corrected chi connectivity index (χ1v) is 5.13. The highest BCUT2D eigenvalue weighted by Gasteiger charge is 2.32. The molecular weight excluding hydrogens is 180 g/mol. The van der Waals surface area contributed by atoms with Gasteiger partial charge in [0, 0.05) is 26.2 Å². The van der Waals surface area contributed by atoms with Crippen LogP contribution in [0.25, 0.3) is 0 Å². The van der Waals surface area contributed by atoms with Gasteiger partial charge in [-0.3, -0.25) is 9.80 Å². The van der Waals surface area contributed by atoms with E-state index in [1.807, 2.05) is 0 Å². The van der Waals surface area contributed by atoms with Crippen molar-refractivity contribution >= 4 is 0 Å². The second-order valence-corrected chi connectivity index (χ2v) is 3.98. The van der Waals surface area contributed by atoms with Crippen LogP contribution in [0.2, 0.25) is 0 Å². The lowest BCUT2D eigenvalue weighted by Crippen LogP contribution is -2.45. The van der Waals surface area contributed by atoms with E-state index in [2.05, 4.69) is 30.4 Å². The summed E-state index contributed by atoms with van der Waals surface area (Å²) in [6, 6.07) is 0.352. The SMILES string of the molecule is C1CN2CCN(C1)C(c1nn[nH]n1)C2. The van der Waals surface area contributed by atoms with Gasteiger partial charge in [0.2, 0.25) is 0 Å². The molecule has 3 aliphatic rings. The average molecular weight is 194 g/mol. The average Bonchev–Trinajstić information content (AvgIpc) is 2.56. The number of hydrogen-bond donors (Lipinski definition) is 1. The molecule has 14 heavy (non-hydrogen) atoms. The predicted molar refractivity (Wildman–Crippen MR) is 49.5 cm³/mol. The Bertz CT molecular complexity index is 293. The summed E-state index contributed by atoms with van der Waals surface area (Å²) in [6.07, 6.45) is 1.26. The van der Waals surface area contributed by atoms with Gasteiger partial charge in [-0.25, -0.2) is 0 Å². The Kier molecular flexibility index (Phi) is 1.95. The number of nitrogens with one attached hydrogen (secondary N) is 1. The van der Waals surface area contributed by atoms with Gasteiger partial charge >= 0.3 is 0 Å². The van der Waals surface area contributed by atoms with E-state index in [0.717, 1.165) is 25.5 Å². The molecule has 0 radical (unpaired) electrons. The van der Waals surface area contributed by atoms with E-state index in [4.69, 9.17) is 0 Å². The molecule has 2 bridgehead atoms. The fraction of sp³-hybridized carbons (Fsp3) is 0.875. The first kappa shape index (κ1) is 8.31. The molecule has 3 aliphatic heterocycles. The van der Waals surface area contributed by atoms with Crippen LogP contribution in [0.15, 0.2) is 0 Å². The van der Waals surface area contributed by atoms with Crippen LogP contribution < -0.4 is 0 Å². The first-order chi connectivity index (χ1) is 6.93. The number of tetrazole rings is 1. The fourth-order valence-corrected chi connectivity index (χ4v) is 2.40. The molecule has 6 heteroatoms. The number of fused-ring (bicyclic) bond motifs is 4. The molecule has 1 aromatic rings. The van der Waals surface area contributed by atoms with Crippen LogP contribution in [0.3, 0.4) is 0 Å². The van der Waals surface area contributed by atoms with E-state index in [0.29, 0.717) is 6.04 Å². The van der Waals surface area contributed by atoms with E-state index >= 15 is 0 Å². The molecule has 0 saturated carbocycles. The summed E-state index contributed by atoms with van der Waals surface area (Å²) in [5.74, 6) is 0.844. The van der Waals surface area contributed by atoms with Crippen molar-refractivity contribution < 1.29 is 0 Å². The van der Waals surface area contributed by atoms with Crippen molar-refractivity contribution in [2.45, 2.75) is 12.5 Å². The zero-order valence-electron chi connectivity index (χ0n) is 8.06. The molecular formula is C8H14N6. The Balaban J connectivity index is 1.86. The Morgan fingerprint density at radius 3 is 3.07 bits per heavy atom. The smallest absolute Gasteiger partial charge is 0.192 e. The van der Waals surface area contributed by atoms with Gasteiger partial charge < -0.3 is 0 Å². The minimum atomic E-state index is 0.352. The molecule has 0 amide bonds. The standard InChI is InChI=1S/C8H14N6/c1-2-13-4-5-14(3-1)7(6-13)8-9-11-12-10-8/h7H,1-6H2,(H,9,10,11,12). The van der Waals surface area contributed by atoms with Crippen LogP contribution in [-0.2, 0) is 0 Å². The molecule has 3 fully saturated rings. The van der Waals surface area contributed by atoms with Crippen molar-refractivity contribution in [3.63, 3.8) is 0 Å². The third-order valence-electron chi connectivity index (χ3n) is 3.15. The van der Waals surface area contributed by atoms with Crippen LogP contribution in [0.4, 0.5) is 0 Å². The summed E-state index contributed by atoms with van der Waals surface area (Å²) >= 11 is 0. The lowest BCUT2D eigenvalue weighted by atomic mass is 10.2. The van der Waals surface area contributed by atoms with Crippen LogP contribution >= 0.6 is 0 Å². The summed E-state index contributed by atoms with van der Waals surface area (Å²) < 4.78 is 0. The van der Waals surface area contributed by atoms with Gasteiger partial charge in [-0.15, -0.1) is 10.2 Å². The molecule has 3 saturated heterocycles. The molecule has 3 atom stereocenters. The number of hydrogen-bond acceptors (Lipinski definition) is 5.